The van der Waals surface area contributed by atoms with E-state index in [-0.39, 0.29) is 0 Å². The topological polar surface area (TPSA) is 29.3 Å². The van der Waals surface area contributed by atoms with Crippen LogP contribution in [0.3, 0.4) is 0 Å². The molecule has 2 aromatic heterocycles. The van der Waals surface area contributed by atoms with Gasteiger partial charge in [0.2, 0.25) is 0 Å². The highest BCUT2D eigenvalue weighted by Crippen LogP contribution is 2.39. The lowest BCUT2D eigenvalue weighted by molar-refractivity contribution is 0.814. The van der Waals surface area contributed by atoms with Crippen molar-refractivity contribution in [3.05, 3.63) is 35.9 Å². The Bertz CT molecular complexity index is 483. The Morgan fingerprint density at radius 2 is 2.40 bits per heavy atom. The average Bonchev–Trinajstić information content (AvgIpc) is 3.00. The van der Waals surface area contributed by atoms with Crippen molar-refractivity contribution in [2.45, 2.75) is 25.3 Å². The van der Waals surface area contributed by atoms with Gasteiger partial charge in [0.25, 0.3) is 0 Å². The predicted octanol–water partition coefficient (Wildman–Crippen LogP) is 1.93. The van der Waals surface area contributed by atoms with Crippen molar-refractivity contribution >= 4 is 5.52 Å². The minimum Gasteiger partial charge on any atom is -0.316 e. The second kappa shape index (κ2) is 3.35. The molecule has 1 saturated carbocycles. The molecule has 1 aliphatic carbocycles. The Morgan fingerprint density at radius 3 is 3.13 bits per heavy atom. The van der Waals surface area contributed by atoms with Crippen molar-refractivity contribution in [1.29, 1.82) is 0 Å². The van der Waals surface area contributed by atoms with Gasteiger partial charge in [0.1, 0.15) is 5.82 Å². The molecule has 0 amide bonds. The van der Waals surface area contributed by atoms with Crippen LogP contribution >= 0.6 is 0 Å². The minimum absolute atomic E-state index is 0.711. The summed E-state index contributed by atoms with van der Waals surface area (Å²) in [7, 11) is 1.97. The van der Waals surface area contributed by atoms with E-state index in [1.807, 2.05) is 13.2 Å². The average molecular weight is 201 g/mol. The number of imidazole rings is 1. The molecule has 0 unspecified atom stereocenters. The largest absolute Gasteiger partial charge is 0.316 e. The summed E-state index contributed by atoms with van der Waals surface area (Å²) in [5, 5.41) is 3.16. The molecule has 1 aliphatic rings. The summed E-state index contributed by atoms with van der Waals surface area (Å²) in [6.07, 6.45) is 6.73. The van der Waals surface area contributed by atoms with E-state index in [4.69, 9.17) is 0 Å². The van der Waals surface area contributed by atoms with Crippen LogP contribution in [0.1, 0.15) is 30.1 Å². The number of rotatable bonds is 3. The molecule has 0 radical (unpaired) electrons. The van der Waals surface area contributed by atoms with Gasteiger partial charge in [0.05, 0.1) is 11.7 Å². The van der Waals surface area contributed by atoms with Crippen molar-refractivity contribution in [2.75, 3.05) is 7.05 Å². The highest BCUT2D eigenvalue weighted by Gasteiger charge is 2.27. The van der Waals surface area contributed by atoms with Crippen molar-refractivity contribution in [1.82, 2.24) is 14.7 Å². The molecular weight excluding hydrogens is 186 g/mol. The molecule has 0 saturated heterocycles. The van der Waals surface area contributed by atoms with Crippen LogP contribution < -0.4 is 5.32 Å². The highest BCUT2D eigenvalue weighted by atomic mass is 15.0. The third-order valence-corrected chi connectivity index (χ3v) is 2.95. The fourth-order valence-corrected chi connectivity index (χ4v) is 2.02. The summed E-state index contributed by atoms with van der Waals surface area (Å²) in [6, 6.07) is 4.37. The molecule has 78 valence electrons. The van der Waals surface area contributed by atoms with Crippen LogP contribution in [0.4, 0.5) is 0 Å². The molecule has 3 heteroatoms. The van der Waals surface area contributed by atoms with E-state index in [1.54, 1.807) is 0 Å². The third kappa shape index (κ3) is 1.53. The van der Waals surface area contributed by atoms with Crippen LogP contribution in [0.15, 0.2) is 24.5 Å². The molecule has 15 heavy (non-hydrogen) atoms. The lowest BCUT2D eigenvalue weighted by atomic mass is 10.2. The maximum atomic E-state index is 4.50. The van der Waals surface area contributed by atoms with Crippen molar-refractivity contribution < 1.29 is 0 Å². The van der Waals surface area contributed by atoms with Gasteiger partial charge in [0.15, 0.2) is 0 Å². The van der Waals surface area contributed by atoms with Crippen LogP contribution in [0.2, 0.25) is 0 Å². The second-order valence-corrected chi connectivity index (χ2v) is 4.25. The Labute approximate surface area is 89.1 Å². The molecule has 3 rings (SSSR count). The predicted molar refractivity (Wildman–Crippen MR) is 59.9 cm³/mol. The van der Waals surface area contributed by atoms with Gasteiger partial charge < -0.3 is 9.72 Å². The third-order valence-electron chi connectivity index (χ3n) is 2.95. The summed E-state index contributed by atoms with van der Waals surface area (Å²) in [4.78, 5) is 4.50. The lowest BCUT2D eigenvalue weighted by Crippen LogP contribution is -2.05. The Kier molecular flexibility index (Phi) is 1.99. The second-order valence-electron chi connectivity index (χ2n) is 4.25. The Hall–Kier alpha value is -1.35. The van der Waals surface area contributed by atoms with Crippen molar-refractivity contribution in [3.63, 3.8) is 0 Å². The quantitative estimate of drug-likeness (QED) is 0.822. The van der Waals surface area contributed by atoms with Gasteiger partial charge in [0, 0.05) is 18.7 Å². The number of hydrogen-bond donors (Lipinski definition) is 1. The lowest BCUT2D eigenvalue weighted by Gasteiger charge is -2.02. The monoisotopic (exact) mass is 201 g/mol. The summed E-state index contributed by atoms with van der Waals surface area (Å²) in [5.41, 5.74) is 2.52. The molecule has 2 aromatic rings. The zero-order chi connectivity index (χ0) is 10.3. The normalized spacial score (nSPS) is 16.1. The molecule has 1 N–H and O–H groups in total. The molecule has 1 fully saturated rings. The van der Waals surface area contributed by atoms with E-state index in [1.165, 1.54) is 29.7 Å². The minimum atomic E-state index is 0.711. The van der Waals surface area contributed by atoms with Crippen LogP contribution in [0, 0.1) is 0 Å². The van der Waals surface area contributed by atoms with E-state index in [0.717, 1.165) is 6.54 Å². The van der Waals surface area contributed by atoms with Gasteiger partial charge in [-0.1, -0.05) is 0 Å². The first kappa shape index (κ1) is 8.92. The van der Waals surface area contributed by atoms with Crippen molar-refractivity contribution in [3.8, 4) is 0 Å². The highest BCUT2D eigenvalue weighted by molar-refractivity contribution is 5.49. The molecule has 0 aliphatic heterocycles. The number of nitrogens with one attached hydrogen (secondary N) is 1. The van der Waals surface area contributed by atoms with Crippen LogP contribution in [-0.2, 0) is 6.54 Å². The van der Waals surface area contributed by atoms with Gasteiger partial charge in [-0.25, -0.2) is 4.98 Å². The zero-order valence-corrected chi connectivity index (χ0v) is 8.90. The van der Waals surface area contributed by atoms with Crippen LogP contribution in [0.5, 0.6) is 0 Å². The maximum Gasteiger partial charge on any atom is 0.116 e. The SMILES string of the molecule is CNCc1ccn2c(C3CC3)ncc2c1. The number of pyridine rings is 1. The van der Waals surface area contributed by atoms with Crippen molar-refractivity contribution in [2.24, 2.45) is 0 Å². The fourth-order valence-electron chi connectivity index (χ4n) is 2.02. The molecular formula is C12H15N3. The Balaban J connectivity index is 2.05. The number of fused-ring (bicyclic) bond motifs is 1. The van der Waals surface area contributed by atoms with E-state index >= 15 is 0 Å². The molecule has 0 bridgehead atoms. The first-order valence-corrected chi connectivity index (χ1v) is 5.49. The first-order valence-electron chi connectivity index (χ1n) is 5.49. The summed E-state index contributed by atoms with van der Waals surface area (Å²) in [6.45, 7) is 0.917. The maximum absolute atomic E-state index is 4.50. The Morgan fingerprint density at radius 1 is 1.53 bits per heavy atom. The van der Waals surface area contributed by atoms with Gasteiger partial charge in [-0.05, 0) is 37.6 Å². The molecule has 2 heterocycles. The molecule has 0 spiro atoms. The van der Waals surface area contributed by atoms with Gasteiger partial charge in [-0.15, -0.1) is 0 Å². The van der Waals surface area contributed by atoms with E-state index < -0.39 is 0 Å². The van der Waals surface area contributed by atoms with E-state index in [9.17, 15) is 0 Å². The summed E-state index contributed by atoms with van der Waals surface area (Å²) < 4.78 is 2.22. The van der Waals surface area contributed by atoms with Crippen LogP contribution in [-0.4, -0.2) is 16.4 Å². The number of aromatic nitrogens is 2. The van der Waals surface area contributed by atoms with E-state index in [2.05, 4.69) is 33.0 Å². The first-order chi connectivity index (χ1) is 7.38. The smallest absolute Gasteiger partial charge is 0.116 e. The number of nitrogens with zero attached hydrogens (tertiary/aromatic N) is 2. The standard InChI is InChI=1S/C12H15N3/c1-13-7-9-4-5-15-11(6-9)8-14-12(15)10-2-3-10/h4-6,8,10,13H,2-3,7H2,1H3. The fraction of sp³-hybridized carbons (Fsp3) is 0.417. The molecule has 0 aromatic carbocycles. The number of hydrogen-bond acceptors (Lipinski definition) is 2. The molecule has 0 atom stereocenters. The van der Waals surface area contributed by atoms with E-state index in [0.29, 0.717) is 5.92 Å². The van der Waals surface area contributed by atoms with Gasteiger partial charge in [-0.2, -0.15) is 0 Å². The zero-order valence-electron chi connectivity index (χ0n) is 8.90. The summed E-state index contributed by atoms with van der Waals surface area (Å²) in [5.74, 6) is 1.95. The van der Waals surface area contributed by atoms with Gasteiger partial charge in [-0.3, -0.25) is 0 Å². The summed E-state index contributed by atoms with van der Waals surface area (Å²) >= 11 is 0. The van der Waals surface area contributed by atoms with Crippen LogP contribution in [0.25, 0.3) is 5.52 Å². The molecule has 3 nitrogen and oxygen atoms in total. The van der Waals surface area contributed by atoms with Gasteiger partial charge >= 0.3 is 0 Å².